The second-order valence-corrected chi connectivity index (χ2v) is 5.79. The second kappa shape index (κ2) is 5.39. The van der Waals surface area contributed by atoms with Gasteiger partial charge in [-0.05, 0) is 18.9 Å². The normalized spacial score (nSPS) is 15.0. The summed E-state index contributed by atoms with van der Waals surface area (Å²) < 4.78 is 38.9. The first-order valence-electron chi connectivity index (χ1n) is 7.16. The zero-order chi connectivity index (χ0) is 16.8. The molecule has 0 aliphatic heterocycles. The van der Waals surface area contributed by atoms with Gasteiger partial charge in [-0.15, -0.1) is 0 Å². The molecule has 0 atom stereocenters. The quantitative estimate of drug-likeness (QED) is 0.937. The van der Waals surface area contributed by atoms with E-state index in [4.69, 9.17) is 0 Å². The van der Waals surface area contributed by atoms with Crippen LogP contribution < -0.4 is 0 Å². The lowest BCUT2D eigenvalue weighted by molar-refractivity contribution is -0.143. The Morgan fingerprint density at radius 1 is 1.43 bits per heavy atom. The van der Waals surface area contributed by atoms with Crippen molar-refractivity contribution in [3.8, 4) is 0 Å². The van der Waals surface area contributed by atoms with E-state index in [2.05, 4.69) is 15.3 Å². The van der Waals surface area contributed by atoms with Crippen LogP contribution in [0.25, 0.3) is 0 Å². The van der Waals surface area contributed by atoms with E-state index in [0.29, 0.717) is 10.6 Å². The molecular weight excluding hydrogens is 311 g/mol. The fraction of sp³-hybridized carbons (Fsp3) is 0.500. The summed E-state index contributed by atoms with van der Waals surface area (Å²) >= 11 is 0. The van der Waals surface area contributed by atoms with Crippen LogP contribution in [0.15, 0.2) is 12.1 Å². The minimum absolute atomic E-state index is 0.232. The summed E-state index contributed by atoms with van der Waals surface area (Å²) in [6.07, 6.45) is -2.30. The Morgan fingerprint density at radius 2 is 2.13 bits per heavy atom. The first-order valence-corrected chi connectivity index (χ1v) is 7.16. The third-order valence-corrected chi connectivity index (χ3v) is 3.79. The molecule has 0 bridgehead atoms. The van der Waals surface area contributed by atoms with Crippen LogP contribution in [0.3, 0.4) is 0 Å². The summed E-state index contributed by atoms with van der Waals surface area (Å²) in [7, 11) is 2.68. The molecule has 2 heterocycles. The number of aromatic amines is 1. The summed E-state index contributed by atoms with van der Waals surface area (Å²) in [5, 5.41) is 10.7. The Kier molecular flexibility index (Phi) is 3.65. The molecule has 1 amide bonds. The summed E-state index contributed by atoms with van der Waals surface area (Å²) in [4.78, 5) is 13.6. The van der Waals surface area contributed by atoms with Crippen LogP contribution in [0.2, 0.25) is 0 Å². The Morgan fingerprint density at radius 3 is 2.70 bits per heavy atom. The van der Waals surface area contributed by atoms with Crippen molar-refractivity contribution < 1.29 is 18.0 Å². The van der Waals surface area contributed by atoms with Crippen LogP contribution in [0, 0.1) is 0 Å². The van der Waals surface area contributed by atoms with Crippen LogP contribution >= 0.6 is 0 Å². The number of nitrogens with zero attached hydrogens (tertiary/aromatic N) is 4. The summed E-state index contributed by atoms with van der Waals surface area (Å²) in [6, 6.07) is 2.66. The summed E-state index contributed by atoms with van der Waals surface area (Å²) in [5.41, 5.74) is 0.531. The van der Waals surface area contributed by atoms with Crippen molar-refractivity contribution in [2.24, 2.45) is 7.05 Å². The van der Waals surface area contributed by atoms with Crippen molar-refractivity contribution in [1.82, 2.24) is 24.9 Å². The molecular formula is C14H16F3N5O. The van der Waals surface area contributed by atoms with Gasteiger partial charge in [0, 0.05) is 26.1 Å². The number of alkyl halides is 3. The highest BCUT2D eigenvalue weighted by Crippen LogP contribution is 2.39. The highest BCUT2D eigenvalue weighted by Gasteiger charge is 2.36. The average Bonchev–Trinajstić information content (AvgIpc) is 3.08. The predicted octanol–water partition coefficient (Wildman–Crippen LogP) is 2.31. The van der Waals surface area contributed by atoms with Crippen molar-refractivity contribution in [2.45, 2.75) is 31.5 Å². The summed E-state index contributed by atoms with van der Waals surface area (Å²) in [6.45, 7) is 0.233. The predicted molar refractivity (Wildman–Crippen MR) is 74.6 cm³/mol. The number of amides is 1. The van der Waals surface area contributed by atoms with Crippen LogP contribution in [-0.2, 0) is 19.8 Å². The van der Waals surface area contributed by atoms with E-state index >= 15 is 0 Å². The van der Waals surface area contributed by atoms with E-state index in [9.17, 15) is 18.0 Å². The number of nitrogens with one attached hydrogen (secondary N) is 1. The molecule has 0 saturated heterocycles. The lowest BCUT2D eigenvalue weighted by Gasteiger charge is -2.14. The van der Waals surface area contributed by atoms with Crippen molar-refractivity contribution in [2.75, 3.05) is 7.05 Å². The van der Waals surface area contributed by atoms with Crippen molar-refractivity contribution in [3.05, 3.63) is 34.9 Å². The molecule has 0 spiro atoms. The van der Waals surface area contributed by atoms with E-state index in [-0.39, 0.29) is 12.2 Å². The van der Waals surface area contributed by atoms with Gasteiger partial charge in [0.1, 0.15) is 5.69 Å². The zero-order valence-corrected chi connectivity index (χ0v) is 12.7. The molecule has 2 aromatic heterocycles. The molecule has 0 unspecified atom stereocenters. The van der Waals surface area contributed by atoms with E-state index in [1.54, 1.807) is 0 Å². The van der Waals surface area contributed by atoms with Gasteiger partial charge in [-0.25, -0.2) is 0 Å². The smallest absolute Gasteiger partial charge is 0.334 e. The summed E-state index contributed by atoms with van der Waals surface area (Å²) in [5.74, 6) is -0.0789. The third-order valence-electron chi connectivity index (χ3n) is 3.79. The van der Waals surface area contributed by atoms with Gasteiger partial charge in [0.05, 0.1) is 17.9 Å². The van der Waals surface area contributed by atoms with Gasteiger partial charge in [-0.3, -0.25) is 14.6 Å². The molecule has 2 aromatic rings. The van der Waals surface area contributed by atoms with E-state index in [0.717, 1.165) is 37.3 Å². The molecule has 3 rings (SSSR count). The first-order chi connectivity index (χ1) is 10.8. The number of hydrogen-bond acceptors (Lipinski definition) is 3. The minimum Gasteiger partial charge on any atom is -0.334 e. The maximum absolute atomic E-state index is 12.8. The molecule has 0 radical (unpaired) electrons. The standard InChI is InChI=1S/C14H16F3N5O/c1-21(7-9-5-10(19-18-9)8-3-4-8)13(23)11-6-12(14(15,16)17)22(2)20-11/h5-6,8H,3-4,7H2,1-2H3,(H,18,19). The minimum atomic E-state index is -4.54. The van der Waals surface area contributed by atoms with E-state index < -0.39 is 17.8 Å². The number of aromatic nitrogens is 4. The Hall–Kier alpha value is -2.32. The molecule has 23 heavy (non-hydrogen) atoms. The Labute approximate surface area is 130 Å². The number of rotatable bonds is 4. The van der Waals surface area contributed by atoms with E-state index in [1.165, 1.54) is 11.9 Å². The molecule has 1 saturated carbocycles. The Bertz CT molecular complexity index is 729. The third kappa shape index (κ3) is 3.22. The molecule has 0 aromatic carbocycles. The van der Waals surface area contributed by atoms with Crippen LogP contribution in [0.5, 0.6) is 0 Å². The topological polar surface area (TPSA) is 66.8 Å². The van der Waals surface area contributed by atoms with Gasteiger partial charge in [-0.2, -0.15) is 23.4 Å². The first kappa shape index (κ1) is 15.6. The number of H-pyrrole nitrogens is 1. The number of hydrogen-bond donors (Lipinski definition) is 1. The van der Waals surface area contributed by atoms with Gasteiger partial charge in [-0.1, -0.05) is 0 Å². The van der Waals surface area contributed by atoms with Crippen LogP contribution in [-0.4, -0.2) is 37.8 Å². The lowest BCUT2D eigenvalue weighted by atomic mass is 10.2. The maximum Gasteiger partial charge on any atom is 0.433 e. The van der Waals surface area contributed by atoms with Crippen LogP contribution in [0.1, 0.15) is 46.3 Å². The zero-order valence-electron chi connectivity index (χ0n) is 12.7. The van der Waals surface area contributed by atoms with Crippen LogP contribution in [0.4, 0.5) is 13.2 Å². The van der Waals surface area contributed by atoms with Gasteiger partial charge >= 0.3 is 6.18 Å². The van der Waals surface area contributed by atoms with Gasteiger partial charge in [0.25, 0.3) is 5.91 Å². The maximum atomic E-state index is 12.8. The molecule has 1 N–H and O–H groups in total. The van der Waals surface area contributed by atoms with Gasteiger partial charge < -0.3 is 4.90 Å². The highest BCUT2D eigenvalue weighted by molar-refractivity contribution is 5.92. The lowest BCUT2D eigenvalue weighted by Crippen LogP contribution is -2.26. The largest absolute Gasteiger partial charge is 0.433 e. The fourth-order valence-electron chi connectivity index (χ4n) is 2.41. The number of carbonyl (C=O) groups is 1. The molecule has 124 valence electrons. The highest BCUT2D eigenvalue weighted by atomic mass is 19.4. The monoisotopic (exact) mass is 327 g/mol. The molecule has 1 aliphatic carbocycles. The molecule has 1 aliphatic rings. The Balaban J connectivity index is 1.71. The molecule has 6 nitrogen and oxygen atoms in total. The van der Waals surface area contributed by atoms with Crippen molar-refractivity contribution >= 4 is 5.91 Å². The number of aryl methyl sites for hydroxylation is 1. The van der Waals surface area contributed by atoms with Crippen molar-refractivity contribution in [3.63, 3.8) is 0 Å². The van der Waals surface area contributed by atoms with E-state index in [1.807, 2.05) is 6.07 Å². The second-order valence-electron chi connectivity index (χ2n) is 5.79. The number of carbonyl (C=O) groups excluding carboxylic acids is 1. The number of halogens is 3. The van der Waals surface area contributed by atoms with Crippen molar-refractivity contribution in [1.29, 1.82) is 0 Å². The molecule has 9 heteroatoms. The average molecular weight is 327 g/mol. The van der Waals surface area contributed by atoms with Gasteiger partial charge in [0.2, 0.25) is 0 Å². The fourth-order valence-corrected chi connectivity index (χ4v) is 2.41. The SMILES string of the molecule is CN(Cc1cc(C2CC2)n[nH]1)C(=O)c1cc(C(F)(F)F)n(C)n1. The molecule has 1 fully saturated rings. The van der Waals surface area contributed by atoms with Gasteiger partial charge in [0.15, 0.2) is 5.69 Å².